The summed E-state index contributed by atoms with van der Waals surface area (Å²) in [5, 5.41) is 11.9. The number of nitriles is 1. The van der Waals surface area contributed by atoms with E-state index in [1.165, 1.54) is 0 Å². The minimum Gasteiger partial charge on any atom is -0.489 e. The van der Waals surface area contributed by atoms with Crippen LogP contribution in [-0.2, 0) is 6.61 Å². The van der Waals surface area contributed by atoms with Crippen LogP contribution in [0.25, 0.3) is 0 Å². The first-order valence-corrected chi connectivity index (χ1v) is 7.90. The molecule has 1 aromatic heterocycles. The number of carbonyl (C=O) groups is 1. The van der Waals surface area contributed by atoms with Gasteiger partial charge >= 0.3 is 0 Å². The molecule has 1 aromatic carbocycles. The van der Waals surface area contributed by atoms with Crippen LogP contribution in [-0.4, -0.2) is 16.9 Å². The molecule has 24 heavy (non-hydrogen) atoms. The van der Waals surface area contributed by atoms with Crippen molar-refractivity contribution in [2.75, 3.05) is 0 Å². The first-order valence-electron chi connectivity index (χ1n) is 7.90. The fourth-order valence-corrected chi connectivity index (χ4v) is 2.23. The highest BCUT2D eigenvalue weighted by Crippen LogP contribution is 2.15. The van der Waals surface area contributed by atoms with E-state index >= 15 is 0 Å². The van der Waals surface area contributed by atoms with Crippen molar-refractivity contribution in [3.05, 3.63) is 59.9 Å². The average Bonchev–Trinajstić information content (AvgIpc) is 2.60. The Morgan fingerprint density at radius 1 is 1.33 bits per heavy atom. The lowest BCUT2D eigenvalue weighted by molar-refractivity contribution is 0.0941. The van der Waals surface area contributed by atoms with Crippen molar-refractivity contribution in [2.45, 2.75) is 32.9 Å². The minimum absolute atomic E-state index is 0.269. The van der Waals surface area contributed by atoms with E-state index < -0.39 is 6.04 Å². The van der Waals surface area contributed by atoms with E-state index in [4.69, 9.17) is 10.00 Å². The number of hydrogen-bond donors (Lipinski definition) is 1. The summed E-state index contributed by atoms with van der Waals surface area (Å²) in [6.45, 7) is 4.42. The number of nitrogens with zero attached hydrogens (tertiary/aromatic N) is 2. The number of ether oxygens (including phenoxy) is 1. The maximum atomic E-state index is 12.3. The molecule has 0 spiro atoms. The zero-order chi connectivity index (χ0) is 17.4. The van der Waals surface area contributed by atoms with E-state index in [1.54, 1.807) is 36.7 Å². The molecule has 2 rings (SSSR count). The van der Waals surface area contributed by atoms with Gasteiger partial charge in [-0.15, -0.1) is 0 Å². The molecule has 0 bridgehead atoms. The maximum Gasteiger partial charge on any atom is 0.252 e. The number of carbonyl (C=O) groups excluding carboxylic acids is 1. The molecule has 1 atom stereocenters. The molecule has 0 aliphatic heterocycles. The van der Waals surface area contributed by atoms with Gasteiger partial charge in [0.15, 0.2) is 0 Å². The van der Waals surface area contributed by atoms with Crippen molar-refractivity contribution in [1.82, 2.24) is 10.3 Å². The van der Waals surface area contributed by atoms with Gasteiger partial charge in [-0.1, -0.05) is 26.0 Å². The van der Waals surface area contributed by atoms with Gasteiger partial charge in [-0.05, 0) is 36.6 Å². The lowest BCUT2D eigenvalue weighted by Gasteiger charge is -2.14. The molecule has 0 radical (unpaired) electrons. The third-order valence-electron chi connectivity index (χ3n) is 3.39. The quantitative estimate of drug-likeness (QED) is 0.848. The van der Waals surface area contributed by atoms with Gasteiger partial charge in [0, 0.05) is 23.5 Å². The first kappa shape index (κ1) is 17.5. The van der Waals surface area contributed by atoms with Crippen LogP contribution in [0.2, 0.25) is 0 Å². The van der Waals surface area contributed by atoms with Gasteiger partial charge in [-0.25, -0.2) is 0 Å². The van der Waals surface area contributed by atoms with Crippen LogP contribution in [0, 0.1) is 17.2 Å². The maximum absolute atomic E-state index is 12.3. The van der Waals surface area contributed by atoms with Crippen molar-refractivity contribution in [3.8, 4) is 11.8 Å². The predicted octanol–water partition coefficient (Wildman–Crippen LogP) is 3.33. The van der Waals surface area contributed by atoms with Crippen LogP contribution < -0.4 is 10.1 Å². The molecule has 0 aliphatic rings. The summed E-state index contributed by atoms with van der Waals surface area (Å²) < 4.78 is 5.69. The summed E-state index contributed by atoms with van der Waals surface area (Å²) in [5.74, 6) is 0.669. The summed E-state index contributed by atoms with van der Waals surface area (Å²) in [5.41, 5.74) is 1.43. The van der Waals surface area contributed by atoms with Crippen LogP contribution >= 0.6 is 0 Å². The Bertz CT molecular complexity index is 708. The lowest BCUT2D eigenvalue weighted by atomic mass is 10.0. The molecular formula is C19H21N3O2. The van der Waals surface area contributed by atoms with E-state index in [9.17, 15) is 4.79 Å². The largest absolute Gasteiger partial charge is 0.489 e. The van der Waals surface area contributed by atoms with Crippen LogP contribution in [0.5, 0.6) is 5.75 Å². The van der Waals surface area contributed by atoms with E-state index in [1.807, 2.05) is 26.0 Å². The van der Waals surface area contributed by atoms with E-state index in [0.29, 0.717) is 30.3 Å². The van der Waals surface area contributed by atoms with Gasteiger partial charge in [0.25, 0.3) is 5.91 Å². The molecule has 1 N–H and O–H groups in total. The molecule has 5 nitrogen and oxygen atoms in total. The summed E-state index contributed by atoms with van der Waals surface area (Å²) in [4.78, 5) is 16.3. The van der Waals surface area contributed by atoms with Crippen molar-refractivity contribution in [2.24, 2.45) is 5.92 Å². The zero-order valence-electron chi connectivity index (χ0n) is 13.9. The van der Waals surface area contributed by atoms with E-state index in [0.717, 1.165) is 5.56 Å². The smallest absolute Gasteiger partial charge is 0.252 e. The Morgan fingerprint density at radius 2 is 2.17 bits per heavy atom. The lowest BCUT2D eigenvalue weighted by Crippen LogP contribution is -2.34. The Balaban J connectivity index is 1.98. The normalized spacial score (nSPS) is 11.6. The number of nitrogens with one attached hydrogen (secondary N) is 1. The van der Waals surface area contributed by atoms with Crippen LogP contribution in [0.3, 0.4) is 0 Å². The van der Waals surface area contributed by atoms with Gasteiger partial charge in [-0.2, -0.15) is 5.26 Å². The third kappa shape index (κ3) is 5.40. The molecule has 0 saturated carbocycles. The molecule has 124 valence electrons. The first-order chi connectivity index (χ1) is 11.6. The molecule has 2 aromatic rings. The average molecular weight is 323 g/mol. The number of amides is 1. The molecule has 0 saturated heterocycles. The van der Waals surface area contributed by atoms with E-state index in [2.05, 4.69) is 16.4 Å². The van der Waals surface area contributed by atoms with Gasteiger partial charge in [-0.3, -0.25) is 9.78 Å². The minimum atomic E-state index is -0.488. The SMILES string of the molecule is CC(C)C[C@@H](C#N)NC(=O)c1cccc(OCc2cccnc2)c1. The second-order valence-electron chi connectivity index (χ2n) is 5.96. The standard InChI is InChI=1S/C19H21N3O2/c1-14(2)9-17(11-20)22-19(23)16-6-3-7-18(10-16)24-13-15-5-4-8-21-12-15/h3-8,10,12,14,17H,9,13H2,1-2H3,(H,22,23)/t17-/m0/s1. The predicted molar refractivity (Wildman–Crippen MR) is 91.3 cm³/mol. The number of aromatic nitrogens is 1. The molecule has 1 heterocycles. The molecule has 5 heteroatoms. The number of hydrogen-bond acceptors (Lipinski definition) is 4. The zero-order valence-corrected chi connectivity index (χ0v) is 13.9. The van der Waals surface area contributed by atoms with Crippen molar-refractivity contribution in [1.29, 1.82) is 5.26 Å². The molecule has 0 fully saturated rings. The highest BCUT2D eigenvalue weighted by atomic mass is 16.5. The van der Waals surface area contributed by atoms with Gasteiger partial charge in [0.1, 0.15) is 18.4 Å². The third-order valence-corrected chi connectivity index (χ3v) is 3.39. The Morgan fingerprint density at radius 3 is 2.83 bits per heavy atom. The second-order valence-corrected chi connectivity index (χ2v) is 5.96. The Labute approximate surface area is 142 Å². The topological polar surface area (TPSA) is 75.0 Å². The highest BCUT2D eigenvalue weighted by Gasteiger charge is 2.15. The molecular weight excluding hydrogens is 302 g/mol. The van der Waals surface area contributed by atoms with Crippen molar-refractivity contribution in [3.63, 3.8) is 0 Å². The van der Waals surface area contributed by atoms with Crippen molar-refractivity contribution < 1.29 is 9.53 Å². The number of pyridine rings is 1. The monoisotopic (exact) mass is 323 g/mol. The molecule has 0 aliphatic carbocycles. The molecule has 1 amide bonds. The van der Waals surface area contributed by atoms with E-state index in [-0.39, 0.29) is 5.91 Å². The van der Waals surface area contributed by atoms with Crippen LogP contribution in [0.15, 0.2) is 48.8 Å². The number of benzene rings is 1. The summed E-state index contributed by atoms with van der Waals surface area (Å²) in [6.07, 6.45) is 4.07. The van der Waals surface area contributed by atoms with Crippen molar-refractivity contribution >= 4 is 5.91 Å². The second kappa shape index (κ2) is 8.68. The van der Waals surface area contributed by atoms with Gasteiger partial charge in [0.05, 0.1) is 6.07 Å². The van der Waals surface area contributed by atoms with Gasteiger partial charge < -0.3 is 10.1 Å². The number of rotatable bonds is 7. The highest BCUT2D eigenvalue weighted by molar-refractivity contribution is 5.94. The fraction of sp³-hybridized carbons (Fsp3) is 0.316. The van der Waals surface area contributed by atoms with Crippen LogP contribution in [0.1, 0.15) is 36.2 Å². The van der Waals surface area contributed by atoms with Gasteiger partial charge in [0.2, 0.25) is 0 Å². The summed E-state index contributed by atoms with van der Waals surface area (Å²) >= 11 is 0. The molecule has 0 unspecified atom stereocenters. The summed E-state index contributed by atoms with van der Waals surface area (Å²) in [7, 11) is 0. The van der Waals surface area contributed by atoms with Crippen LogP contribution in [0.4, 0.5) is 0 Å². The fourth-order valence-electron chi connectivity index (χ4n) is 2.23. The summed E-state index contributed by atoms with van der Waals surface area (Å²) in [6, 6.07) is 12.3. The Kier molecular flexibility index (Phi) is 6.32. The Hall–Kier alpha value is -2.87.